The zero-order valence-electron chi connectivity index (χ0n) is 11.3. The summed E-state index contributed by atoms with van der Waals surface area (Å²) in [5.41, 5.74) is 3.11. The van der Waals surface area contributed by atoms with E-state index in [9.17, 15) is 20.2 Å². The topological polar surface area (TPSA) is 111 Å². The summed E-state index contributed by atoms with van der Waals surface area (Å²) in [5.74, 6) is 0. The van der Waals surface area contributed by atoms with Crippen LogP contribution in [0.25, 0.3) is 0 Å². The van der Waals surface area contributed by atoms with Gasteiger partial charge in [0.1, 0.15) is 5.02 Å². The fourth-order valence-electron chi connectivity index (χ4n) is 1.63. The quantitative estimate of drug-likeness (QED) is 0.489. The number of hydrogen-bond donors (Lipinski definition) is 1. The van der Waals surface area contributed by atoms with Crippen molar-refractivity contribution >= 4 is 46.5 Å². The second-order valence-corrected chi connectivity index (χ2v) is 5.07. The van der Waals surface area contributed by atoms with E-state index in [-0.39, 0.29) is 21.4 Å². The number of benzene rings is 2. The second kappa shape index (κ2) is 7.03. The summed E-state index contributed by atoms with van der Waals surface area (Å²) >= 11 is 11.7. The number of hydrazone groups is 1. The van der Waals surface area contributed by atoms with Crippen molar-refractivity contribution in [3.05, 3.63) is 72.2 Å². The van der Waals surface area contributed by atoms with E-state index in [2.05, 4.69) is 10.5 Å². The molecule has 2 aromatic rings. The predicted octanol–water partition coefficient (Wildman–Crippen LogP) is 4.26. The molecule has 0 amide bonds. The highest BCUT2D eigenvalue weighted by Gasteiger charge is 2.15. The Morgan fingerprint density at radius 3 is 2.22 bits per heavy atom. The molecule has 10 heteroatoms. The lowest BCUT2D eigenvalue weighted by Gasteiger charge is -2.02. The van der Waals surface area contributed by atoms with Crippen LogP contribution in [0, 0.1) is 20.2 Å². The van der Waals surface area contributed by atoms with Crippen LogP contribution in [-0.4, -0.2) is 16.1 Å². The third kappa shape index (κ3) is 4.15. The van der Waals surface area contributed by atoms with Crippen molar-refractivity contribution in [1.82, 2.24) is 0 Å². The van der Waals surface area contributed by atoms with E-state index in [4.69, 9.17) is 23.2 Å². The van der Waals surface area contributed by atoms with Gasteiger partial charge in [-0.3, -0.25) is 25.7 Å². The van der Waals surface area contributed by atoms with Crippen LogP contribution >= 0.6 is 23.2 Å². The Balaban J connectivity index is 2.15. The number of rotatable bonds is 5. The maximum Gasteiger partial charge on any atom is 0.288 e. The molecule has 8 nitrogen and oxygen atoms in total. The highest BCUT2D eigenvalue weighted by Crippen LogP contribution is 2.30. The summed E-state index contributed by atoms with van der Waals surface area (Å²) in [6.07, 6.45) is 1.28. The maximum absolute atomic E-state index is 10.8. The summed E-state index contributed by atoms with van der Waals surface area (Å²) < 4.78 is 0. The molecule has 0 aliphatic heterocycles. The molecule has 2 rings (SSSR count). The first kappa shape index (κ1) is 16.7. The summed E-state index contributed by atoms with van der Waals surface area (Å²) in [6, 6.07) is 8.04. The third-order valence-corrected chi connectivity index (χ3v) is 3.37. The van der Waals surface area contributed by atoms with E-state index in [1.807, 2.05) is 0 Å². The third-order valence-electron chi connectivity index (χ3n) is 2.74. The standard InChI is InChI=1S/C13H8Cl2N4O4/c14-11-6-12(15)13(19(22)23)5-8(11)7-16-17-9-1-3-10(4-2-9)18(20)21/h1-7,17H/b16-7+. The van der Waals surface area contributed by atoms with E-state index < -0.39 is 9.85 Å². The smallest absolute Gasteiger partial charge is 0.278 e. The minimum Gasteiger partial charge on any atom is -0.278 e. The maximum atomic E-state index is 10.8. The van der Waals surface area contributed by atoms with Gasteiger partial charge in [0.25, 0.3) is 11.4 Å². The molecule has 0 bridgehead atoms. The van der Waals surface area contributed by atoms with Crippen LogP contribution in [-0.2, 0) is 0 Å². The lowest BCUT2D eigenvalue weighted by atomic mass is 10.2. The summed E-state index contributed by atoms with van der Waals surface area (Å²) in [5, 5.41) is 25.4. The molecule has 0 aliphatic rings. The molecule has 0 saturated heterocycles. The van der Waals surface area contributed by atoms with Crippen molar-refractivity contribution in [3.63, 3.8) is 0 Å². The first-order valence-electron chi connectivity index (χ1n) is 6.05. The summed E-state index contributed by atoms with van der Waals surface area (Å²) in [4.78, 5) is 20.2. The van der Waals surface area contributed by atoms with Crippen LogP contribution in [0.3, 0.4) is 0 Å². The second-order valence-electron chi connectivity index (χ2n) is 4.26. The average Bonchev–Trinajstić information content (AvgIpc) is 2.49. The van der Waals surface area contributed by atoms with Gasteiger partial charge < -0.3 is 0 Å². The lowest BCUT2D eigenvalue weighted by molar-refractivity contribution is -0.385. The van der Waals surface area contributed by atoms with Gasteiger partial charge in [-0.2, -0.15) is 5.10 Å². The minimum absolute atomic E-state index is 0.0455. The Morgan fingerprint density at radius 1 is 1.00 bits per heavy atom. The molecule has 23 heavy (non-hydrogen) atoms. The zero-order valence-corrected chi connectivity index (χ0v) is 12.8. The van der Waals surface area contributed by atoms with Crippen LogP contribution in [0.1, 0.15) is 5.56 Å². The van der Waals surface area contributed by atoms with Crippen molar-refractivity contribution in [2.75, 3.05) is 5.43 Å². The monoisotopic (exact) mass is 354 g/mol. The Hall–Kier alpha value is -2.71. The van der Waals surface area contributed by atoms with Crippen molar-refractivity contribution in [2.24, 2.45) is 5.10 Å². The van der Waals surface area contributed by atoms with Gasteiger partial charge in [-0.05, 0) is 18.2 Å². The highest BCUT2D eigenvalue weighted by atomic mass is 35.5. The Kier molecular flexibility index (Phi) is 5.09. The van der Waals surface area contributed by atoms with E-state index in [1.54, 1.807) is 0 Å². The molecule has 1 N–H and O–H groups in total. The predicted molar refractivity (Wildman–Crippen MR) is 87.4 cm³/mol. The molecule has 0 aromatic heterocycles. The Bertz CT molecular complexity index is 793. The van der Waals surface area contributed by atoms with E-state index in [1.165, 1.54) is 42.6 Å². The van der Waals surface area contributed by atoms with Crippen LogP contribution in [0.15, 0.2) is 41.5 Å². The van der Waals surface area contributed by atoms with Gasteiger partial charge in [-0.15, -0.1) is 0 Å². The lowest BCUT2D eigenvalue weighted by Crippen LogP contribution is -1.95. The van der Waals surface area contributed by atoms with Gasteiger partial charge in [0, 0.05) is 23.8 Å². The largest absolute Gasteiger partial charge is 0.288 e. The van der Waals surface area contributed by atoms with Crippen LogP contribution < -0.4 is 5.43 Å². The van der Waals surface area contributed by atoms with Crippen molar-refractivity contribution in [2.45, 2.75) is 0 Å². The fraction of sp³-hybridized carbons (Fsp3) is 0. The molecule has 0 fully saturated rings. The van der Waals surface area contributed by atoms with Crippen molar-refractivity contribution in [1.29, 1.82) is 0 Å². The van der Waals surface area contributed by atoms with Crippen LogP contribution in [0.2, 0.25) is 10.0 Å². The number of hydrogen-bond acceptors (Lipinski definition) is 6. The summed E-state index contributed by atoms with van der Waals surface area (Å²) in [7, 11) is 0. The molecular weight excluding hydrogens is 347 g/mol. The van der Waals surface area contributed by atoms with Crippen LogP contribution in [0.5, 0.6) is 0 Å². The SMILES string of the molecule is O=[N+]([O-])c1ccc(N/N=C/c2cc([N+](=O)[O-])c(Cl)cc2Cl)cc1. The Labute approximate surface area is 139 Å². The van der Waals surface area contributed by atoms with E-state index in [0.717, 1.165) is 0 Å². The van der Waals surface area contributed by atoms with Crippen LogP contribution in [0.4, 0.5) is 17.1 Å². The molecule has 0 unspecified atom stereocenters. The molecule has 0 atom stereocenters. The molecule has 0 heterocycles. The van der Waals surface area contributed by atoms with E-state index in [0.29, 0.717) is 11.3 Å². The first-order valence-corrected chi connectivity index (χ1v) is 6.81. The van der Waals surface area contributed by atoms with Gasteiger partial charge in [0.15, 0.2) is 0 Å². The number of nitrogens with zero attached hydrogens (tertiary/aromatic N) is 3. The highest BCUT2D eigenvalue weighted by molar-refractivity contribution is 6.37. The molecule has 0 saturated carbocycles. The number of nitrogens with one attached hydrogen (secondary N) is 1. The average molecular weight is 355 g/mol. The van der Waals surface area contributed by atoms with Gasteiger partial charge in [0.2, 0.25) is 0 Å². The number of anilines is 1. The Morgan fingerprint density at radius 2 is 1.65 bits per heavy atom. The van der Waals surface area contributed by atoms with Gasteiger partial charge in [-0.25, -0.2) is 0 Å². The van der Waals surface area contributed by atoms with Crippen molar-refractivity contribution in [3.8, 4) is 0 Å². The molecule has 0 radical (unpaired) electrons. The normalized spacial score (nSPS) is 10.7. The van der Waals surface area contributed by atoms with E-state index >= 15 is 0 Å². The van der Waals surface area contributed by atoms with Gasteiger partial charge in [0.05, 0.1) is 26.8 Å². The van der Waals surface area contributed by atoms with Gasteiger partial charge >= 0.3 is 0 Å². The fourth-order valence-corrected chi connectivity index (χ4v) is 2.13. The number of non-ortho nitro benzene ring substituents is 1. The number of nitro benzene ring substituents is 2. The minimum atomic E-state index is -0.625. The zero-order chi connectivity index (χ0) is 17.0. The van der Waals surface area contributed by atoms with Gasteiger partial charge in [-0.1, -0.05) is 23.2 Å². The summed E-state index contributed by atoms with van der Waals surface area (Å²) in [6.45, 7) is 0. The number of nitro groups is 2. The molecular formula is C13H8Cl2N4O4. The first-order chi connectivity index (χ1) is 10.9. The molecule has 0 spiro atoms. The van der Waals surface area contributed by atoms with Crippen molar-refractivity contribution < 1.29 is 9.85 Å². The molecule has 0 aliphatic carbocycles. The number of halogens is 2. The molecule has 118 valence electrons. The molecule has 2 aromatic carbocycles.